The van der Waals surface area contributed by atoms with E-state index in [9.17, 15) is 29.7 Å². The third-order valence-electron chi connectivity index (χ3n) is 8.22. The minimum absolute atomic E-state index is 0.00707. The zero-order chi connectivity index (χ0) is 33.6. The van der Waals surface area contributed by atoms with E-state index in [1.807, 2.05) is 24.3 Å². The lowest BCUT2D eigenvalue weighted by atomic mass is 10.0. The maximum absolute atomic E-state index is 13.3. The van der Waals surface area contributed by atoms with Gasteiger partial charge in [0, 0.05) is 49.8 Å². The Labute approximate surface area is 277 Å². The fraction of sp³-hybridized carbons (Fsp3) is 0.0286. The van der Waals surface area contributed by atoms with Crippen LogP contribution < -0.4 is 0 Å². The van der Waals surface area contributed by atoms with Gasteiger partial charge in [-0.1, -0.05) is 12.1 Å². The van der Waals surface area contributed by atoms with Gasteiger partial charge in [-0.2, -0.15) is 25.5 Å². The van der Waals surface area contributed by atoms with Gasteiger partial charge < -0.3 is 0 Å². The van der Waals surface area contributed by atoms with Crippen LogP contribution in [0.4, 0.5) is 11.4 Å². The van der Waals surface area contributed by atoms with E-state index in [1.165, 1.54) is 63.9 Å². The second kappa shape index (κ2) is 10.1. The third-order valence-corrected chi connectivity index (χ3v) is 10.5. The molecular weight excluding hydrogens is 647 g/mol. The van der Waals surface area contributed by atoms with Gasteiger partial charge in [-0.3, -0.25) is 28.9 Å². The van der Waals surface area contributed by atoms with Crippen molar-refractivity contribution >= 4 is 101 Å². The van der Waals surface area contributed by atoms with Crippen LogP contribution in [0.5, 0.6) is 0 Å². The zero-order valence-corrected chi connectivity index (χ0v) is 25.8. The minimum Gasteiger partial charge on any atom is -0.288 e. The van der Waals surface area contributed by atoms with Gasteiger partial charge in [0.05, 0.1) is 44.8 Å². The molecular formula is C35H11N7O4S2. The smallest absolute Gasteiger partial charge is 0.197 e. The Balaban J connectivity index is 1.26. The van der Waals surface area contributed by atoms with E-state index >= 15 is 0 Å². The fourth-order valence-electron chi connectivity index (χ4n) is 6.05. The fourth-order valence-corrected chi connectivity index (χ4v) is 8.41. The van der Waals surface area contributed by atoms with Gasteiger partial charge in [0.15, 0.2) is 34.5 Å². The first kappa shape index (κ1) is 28.6. The first-order valence-corrected chi connectivity index (χ1v) is 15.5. The summed E-state index contributed by atoms with van der Waals surface area (Å²) in [5.74, 6) is -2.12. The number of hydrogen-bond acceptors (Lipinski definition) is 10. The van der Waals surface area contributed by atoms with Gasteiger partial charge in [0.1, 0.15) is 23.2 Å². The van der Waals surface area contributed by atoms with Gasteiger partial charge in [0.25, 0.3) is 0 Å². The van der Waals surface area contributed by atoms with Crippen molar-refractivity contribution in [3.8, 4) is 12.1 Å². The molecule has 0 saturated heterocycles. The predicted molar refractivity (Wildman–Crippen MR) is 177 cm³/mol. The van der Waals surface area contributed by atoms with E-state index in [-0.39, 0.29) is 55.9 Å². The molecule has 0 aliphatic heterocycles. The van der Waals surface area contributed by atoms with Gasteiger partial charge in [-0.05, 0) is 36.4 Å². The maximum atomic E-state index is 13.3. The molecule has 3 aromatic carbocycles. The van der Waals surface area contributed by atoms with E-state index < -0.39 is 23.1 Å². The first-order chi connectivity index (χ1) is 23.1. The lowest BCUT2D eigenvalue weighted by Crippen LogP contribution is -1.99. The van der Waals surface area contributed by atoms with Crippen LogP contribution in [0.2, 0.25) is 0 Å². The molecule has 11 nitrogen and oxygen atoms in total. The number of carbonyl (C=O) groups excluding carboxylic acids is 4. The number of hydrogen-bond donors (Lipinski definition) is 0. The number of carbonyl (C=O) groups is 4. The number of rotatable bonds is 2. The number of fused-ring (bicyclic) bond motifs is 8. The molecule has 0 amide bonds. The summed E-state index contributed by atoms with van der Waals surface area (Å²) < 4.78 is 1.59. The molecule has 0 saturated carbocycles. The lowest BCUT2D eigenvalue weighted by Gasteiger charge is -1.98. The Morgan fingerprint density at radius 2 is 1.04 bits per heavy atom. The van der Waals surface area contributed by atoms with Crippen molar-refractivity contribution in [2.24, 2.45) is 7.05 Å². The number of allylic oxidation sites excluding steroid dienone is 2. The summed E-state index contributed by atoms with van der Waals surface area (Å²) in [5, 5.41) is 29.4. The van der Waals surface area contributed by atoms with E-state index in [4.69, 9.17) is 13.1 Å². The van der Waals surface area contributed by atoms with Crippen LogP contribution in [0.25, 0.3) is 53.0 Å². The summed E-state index contributed by atoms with van der Waals surface area (Å²) in [7, 11) is 1.68. The van der Waals surface area contributed by atoms with E-state index in [2.05, 4.69) is 19.9 Å². The Morgan fingerprint density at radius 3 is 1.40 bits per heavy atom. The number of Topliss-reactive ketones (excluding diaryl/α,β-unsaturated/α-hetero) is 4. The van der Waals surface area contributed by atoms with Crippen molar-refractivity contribution < 1.29 is 19.2 Å². The predicted octanol–water partition coefficient (Wildman–Crippen LogP) is 7.17. The minimum atomic E-state index is -0.535. The molecule has 0 bridgehead atoms. The highest BCUT2D eigenvalue weighted by molar-refractivity contribution is 7.28. The quantitative estimate of drug-likeness (QED) is 0.108. The van der Waals surface area contributed by atoms with Gasteiger partial charge in [-0.25, -0.2) is 0 Å². The third kappa shape index (κ3) is 3.87. The second-order valence-electron chi connectivity index (χ2n) is 10.9. The normalized spacial score (nSPS) is 13.5. The Bertz CT molecular complexity index is 2570. The van der Waals surface area contributed by atoms with Crippen LogP contribution in [0.3, 0.4) is 0 Å². The van der Waals surface area contributed by atoms with E-state index in [1.54, 1.807) is 7.05 Å². The molecule has 13 heteroatoms. The van der Waals surface area contributed by atoms with Crippen LogP contribution in [0.15, 0.2) is 47.5 Å². The molecule has 0 atom stereocenters. The van der Waals surface area contributed by atoms with Crippen LogP contribution in [-0.2, 0) is 7.05 Å². The van der Waals surface area contributed by atoms with Gasteiger partial charge >= 0.3 is 0 Å². The number of aromatic nitrogens is 3. The molecule has 0 spiro atoms. The van der Waals surface area contributed by atoms with E-state index in [0.29, 0.717) is 20.8 Å². The molecule has 2 aliphatic rings. The van der Waals surface area contributed by atoms with Crippen molar-refractivity contribution in [3.05, 3.63) is 114 Å². The average Bonchev–Trinajstić information content (AvgIpc) is 3.89. The number of nitriles is 2. The average molecular weight is 658 g/mol. The van der Waals surface area contributed by atoms with Gasteiger partial charge in [0.2, 0.25) is 0 Å². The Hall–Kier alpha value is -6.90. The molecule has 48 heavy (non-hydrogen) atoms. The summed E-state index contributed by atoms with van der Waals surface area (Å²) in [6, 6.07) is 12.6. The molecule has 222 valence electrons. The van der Waals surface area contributed by atoms with Crippen LogP contribution >= 0.6 is 22.7 Å². The molecule has 0 unspecified atom stereocenters. The molecule has 0 fully saturated rings. The molecule has 3 heterocycles. The van der Waals surface area contributed by atoms with E-state index in [0.717, 1.165) is 20.2 Å². The highest BCUT2D eigenvalue weighted by Gasteiger charge is 2.36. The topological polar surface area (TPSA) is 155 Å². The molecule has 0 N–H and O–H groups in total. The number of benzene rings is 3. The number of ketones is 4. The molecule has 8 rings (SSSR count). The Kier molecular flexibility index (Phi) is 5.98. The largest absolute Gasteiger partial charge is 0.288 e. The molecule has 3 aromatic heterocycles. The lowest BCUT2D eigenvalue weighted by molar-refractivity contribution is 0.0975. The monoisotopic (exact) mass is 657 g/mol. The summed E-state index contributed by atoms with van der Waals surface area (Å²) in [5.41, 5.74) is 1.39. The van der Waals surface area contributed by atoms with Crippen molar-refractivity contribution in [3.63, 3.8) is 0 Å². The number of aryl methyl sites for hydroxylation is 1. The van der Waals surface area contributed by atoms with Crippen LogP contribution in [0, 0.1) is 35.8 Å². The molecule has 0 radical (unpaired) electrons. The standard InChI is InChI=1S/C35H11N7O4S2/c1-38-26-10-20-21(11-27(26)39-2)33(46)25(32(20)45)9-17-7-23-29-28(40-42(3)41-29)22-6-16(47-34(22)35(23)48-17)8-24-30(43)18-4-14(12-36)15(13-37)5-19(18)31(24)44/h4-11H,3H3. The van der Waals surface area contributed by atoms with Crippen molar-refractivity contribution in [2.45, 2.75) is 0 Å². The second-order valence-corrected chi connectivity index (χ2v) is 13.0. The Morgan fingerprint density at radius 1 is 0.667 bits per heavy atom. The summed E-state index contributed by atoms with van der Waals surface area (Å²) >= 11 is 2.66. The molecule has 2 aliphatic carbocycles. The highest BCUT2D eigenvalue weighted by Crippen LogP contribution is 2.45. The maximum Gasteiger partial charge on any atom is 0.197 e. The number of thiophene rings is 2. The van der Waals surface area contributed by atoms with Gasteiger partial charge in [-0.15, -0.1) is 22.7 Å². The van der Waals surface area contributed by atoms with Crippen molar-refractivity contribution in [2.75, 3.05) is 0 Å². The highest BCUT2D eigenvalue weighted by atomic mass is 32.1. The number of nitrogens with zero attached hydrogens (tertiary/aromatic N) is 7. The van der Waals surface area contributed by atoms with Crippen LogP contribution in [-0.4, -0.2) is 38.1 Å². The summed E-state index contributed by atoms with van der Waals surface area (Å²) in [6.45, 7) is 14.7. The van der Waals surface area contributed by atoms with Crippen LogP contribution in [0.1, 0.15) is 62.3 Å². The zero-order valence-electron chi connectivity index (χ0n) is 24.2. The summed E-state index contributed by atoms with van der Waals surface area (Å²) in [4.78, 5) is 62.5. The first-order valence-electron chi connectivity index (χ1n) is 13.9. The van der Waals surface area contributed by atoms with Crippen molar-refractivity contribution in [1.29, 1.82) is 10.5 Å². The SMILES string of the molecule is [C-]#[N+]c1cc2c(cc1[N+]#[C-])C(=O)C(=Cc1cc3c4nn(C)nc4c4cc(C=C5C(=O)c6cc(C#N)c(C#N)cc6C5=O)sc4c3s1)C2=O. The summed E-state index contributed by atoms with van der Waals surface area (Å²) in [6.07, 6.45) is 3.01. The molecule has 6 aromatic rings. The van der Waals surface area contributed by atoms with Crippen molar-refractivity contribution in [1.82, 2.24) is 15.0 Å².